The molecule has 3 nitrogen and oxygen atoms in total. The van der Waals surface area contributed by atoms with Crippen molar-refractivity contribution in [3.05, 3.63) is 16.9 Å². The zero-order valence-electron chi connectivity index (χ0n) is 7.93. The number of nitrogens with one attached hydrogen (secondary N) is 1. The number of hydroxylamine groups is 2. The van der Waals surface area contributed by atoms with E-state index in [1.54, 1.807) is 19.9 Å². The zero-order valence-corrected chi connectivity index (χ0v) is 7.93. The van der Waals surface area contributed by atoms with Crippen LogP contribution in [0.4, 0.5) is 0 Å². The normalized spacial score (nSPS) is 31.0. The second kappa shape index (κ2) is 2.32. The first-order chi connectivity index (χ1) is 5.32. The summed E-state index contributed by atoms with van der Waals surface area (Å²) in [6, 6.07) is 2.08. The molecule has 66 valence electrons. The highest BCUT2D eigenvalue weighted by atomic mass is 16.5. The van der Waals surface area contributed by atoms with Gasteiger partial charge in [-0.25, -0.2) is 0 Å². The van der Waals surface area contributed by atoms with Gasteiger partial charge in [-0.15, -0.1) is 0 Å². The third-order valence-electron chi connectivity index (χ3n) is 2.45. The highest BCUT2D eigenvalue weighted by Crippen LogP contribution is 2.23. The van der Waals surface area contributed by atoms with Crippen LogP contribution in [0.15, 0.2) is 11.6 Å². The first-order valence-electron chi connectivity index (χ1n) is 4.01. The van der Waals surface area contributed by atoms with Crippen LogP contribution in [-0.2, 0) is 0 Å². The van der Waals surface area contributed by atoms with Crippen LogP contribution < -0.4 is 5.06 Å². The van der Waals surface area contributed by atoms with E-state index in [2.05, 4.69) is 6.07 Å². The van der Waals surface area contributed by atoms with Gasteiger partial charge in [-0.1, -0.05) is 0 Å². The monoisotopic (exact) mass is 166 g/mol. The van der Waals surface area contributed by atoms with Gasteiger partial charge in [0, 0.05) is 0 Å². The molecule has 0 aromatic heterocycles. The minimum absolute atomic E-state index is 0.131. The van der Waals surface area contributed by atoms with E-state index < -0.39 is 11.1 Å². The van der Waals surface area contributed by atoms with Gasteiger partial charge in [-0.2, -0.15) is 5.26 Å². The highest BCUT2D eigenvalue weighted by Gasteiger charge is 2.45. The molecule has 0 radical (unpaired) electrons. The molecule has 0 saturated carbocycles. The number of rotatable bonds is 0. The Labute approximate surface area is 72.9 Å². The van der Waals surface area contributed by atoms with E-state index in [9.17, 15) is 5.21 Å². The van der Waals surface area contributed by atoms with Gasteiger partial charge in [0.2, 0.25) is 0 Å². The van der Waals surface area contributed by atoms with Gasteiger partial charge in [0.05, 0.1) is 5.57 Å². The fourth-order valence-electron chi connectivity index (χ4n) is 1.71. The van der Waals surface area contributed by atoms with Gasteiger partial charge in [-0.3, -0.25) is 0 Å². The van der Waals surface area contributed by atoms with Gasteiger partial charge in [0.1, 0.15) is 17.1 Å². The molecule has 0 bridgehead atoms. The third kappa shape index (κ3) is 1.04. The van der Waals surface area contributed by atoms with Crippen molar-refractivity contribution in [2.24, 2.45) is 0 Å². The fraction of sp³-hybridized carbons (Fsp3) is 0.667. The average molecular weight is 166 g/mol. The molecule has 1 aliphatic rings. The smallest absolute Gasteiger partial charge is 0.128 e. The minimum Gasteiger partial charge on any atom is -0.633 e. The number of hydrogen-bond donors (Lipinski definition) is 1. The molecular weight excluding hydrogens is 152 g/mol. The van der Waals surface area contributed by atoms with Crippen LogP contribution in [0.5, 0.6) is 0 Å². The summed E-state index contributed by atoms with van der Waals surface area (Å²) in [5.41, 5.74) is -0.454. The topological polar surface area (TPSA) is 51.3 Å². The summed E-state index contributed by atoms with van der Waals surface area (Å²) in [5.74, 6) is 0. The number of nitriles is 1. The molecule has 0 saturated heterocycles. The Morgan fingerprint density at radius 1 is 1.42 bits per heavy atom. The lowest BCUT2D eigenvalue weighted by Crippen LogP contribution is -3.20. The average Bonchev–Trinajstić information content (AvgIpc) is 2.11. The lowest BCUT2D eigenvalue weighted by molar-refractivity contribution is -0.927. The molecule has 0 aromatic rings. The largest absolute Gasteiger partial charge is 0.633 e. The maximum Gasteiger partial charge on any atom is 0.128 e. The SMILES string of the molecule is CC1(C)C=C(C#N)C(C)(C)[NH+]1[O-]. The molecule has 0 aromatic carbocycles. The Morgan fingerprint density at radius 3 is 2.08 bits per heavy atom. The summed E-state index contributed by atoms with van der Waals surface area (Å²) in [5, 5.41) is 20.6. The second-order valence-electron chi connectivity index (χ2n) is 4.35. The molecule has 0 amide bonds. The molecular formula is C9H14N2O. The maximum absolute atomic E-state index is 11.7. The van der Waals surface area contributed by atoms with E-state index in [0.717, 1.165) is 0 Å². The van der Waals surface area contributed by atoms with Crippen molar-refractivity contribution in [3.8, 4) is 6.07 Å². The van der Waals surface area contributed by atoms with Crippen molar-refractivity contribution in [1.29, 1.82) is 5.26 Å². The maximum atomic E-state index is 11.7. The first-order valence-corrected chi connectivity index (χ1v) is 4.01. The second-order valence-corrected chi connectivity index (χ2v) is 4.35. The Balaban J connectivity index is 3.14. The summed E-state index contributed by atoms with van der Waals surface area (Å²) in [4.78, 5) is 0. The Bertz CT molecular complexity index is 271. The van der Waals surface area contributed by atoms with Crippen LogP contribution >= 0.6 is 0 Å². The van der Waals surface area contributed by atoms with Crippen LogP contribution in [0, 0.1) is 16.5 Å². The highest BCUT2D eigenvalue weighted by molar-refractivity contribution is 5.35. The molecule has 1 aliphatic heterocycles. The van der Waals surface area contributed by atoms with Crippen molar-refractivity contribution in [1.82, 2.24) is 0 Å². The van der Waals surface area contributed by atoms with Gasteiger partial charge >= 0.3 is 0 Å². The van der Waals surface area contributed by atoms with Crippen LogP contribution in [-0.4, -0.2) is 11.1 Å². The fourth-order valence-corrected chi connectivity index (χ4v) is 1.71. The third-order valence-corrected chi connectivity index (χ3v) is 2.45. The number of quaternary nitrogens is 1. The molecule has 12 heavy (non-hydrogen) atoms. The van der Waals surface area contributed by atoms with Crippen LogP contribution in [0.1, 0.15) is 27.7 Å². The van der Waals surface area contributed by atoms with Gasteiger partial charge in [-0.05, 0) is 33.8 Å². The standard InChI is InChI=1S/C9H14N2O/c1-8(2)5-7(6-10)9(3,4)11(8)12/h5,11H,1-4H3. The summed E-state index contributed by atoms with van der Waals surface area (Å²) in [6.07, 6.45) is 1.77. The molecule has 0 spiro atoms. The van der Waals surface area contributed by atoms with Gasteiger partial charge in [0.15, 0.2) is 0 Å². The summed E-state index contributed by atoms with van der Waals surface area (Å²) in [7, 11) is 0. The van der Waals surface area contributed by atoms with E-state index in [1.165, 1.54) is 0 Å². The molecule has 0 fully saturated rings. The molecule has 0 aliphatic carbocycles. The van der Waals surface area contributed by atoms with Crippen LogP contribution in [0.3, 0.4) is 0 Å². The molecule has 3 heteroatoms. The molecule has 1 N–H and O–H groups in total. The molecule has 1 unspecified atom stereocenters. The summed E-state index contributed by atoms with van der Waals surface area (Å²) in [6.45, 7) is 7.31. The van der Waals surface area contributed by atoms with Crippen LogP contribution in [0.25, 0.3) is 0 Å². The molecule has 1 heterocycles. The van der Waals surface area contributed by atoms with E-state index in [4.69, 9.17) is 5.26 Å². The Morgan fingerprint density at radius 2 is 1.92 bits per heavy atom. The zero-order chi connectivity index (χ0) is 9.57. The van der Waals surface area contributed by atoms with Gasteiger partial charge < -0.3 is 10.3 Å². The van der Waals surface area contributed by atoms with E-state index in [1.807, 2.05) is 13.8 Å². The summed E-state index contributed by atoms with van der Waals surface area (Å²) < 4.78 is 0. The minimum atomic E-state index is -0.585. The predicted molar refractivity (Wildman–Crippen MR) is 46.2 cm³/mol. The lowest BCUT2D eigenvalue weighted by atomic mass is 9.98. The number of nitrogens with zero attached hydrogens (tertiary/aromatic N) is 1. The summed E-state index contributed by atoms with van der Waals surface area (Å²) >= 11 is 0. The lowest BCUT2D eigenvalue weighted by Gasteiger charge is -2.40. The predicted octanol–water partition coefficient (Wildman–Crippen LogP) is 0.390. The van der Waals surface area contributed by atoms with Gasteiger partial charge in [0.25, 0.3) is 0 Å². The van der Waals surface area contributed by atoms with E-state index >= 15 is 0 Å². The molecule has 1 atom stereocenters. The van der Waals surface area contributed by atoms with Crippen molar-refractivity contribution in [2.75, 3.05) is 0 Å². The Hall–Kier alpha value is -0.850. The van der Waals surface area contributed by atoms with Crippen molar-refractivity contribution >= 4 is 0 Å². The van der Waals surface area contributed by atoms with Crippen molar-refractivity contribution in [2.45, 2.75) is 38.8 Å². The molecule has 1 rings (SSSR count). The van der Waals surface area contributed by atoms with E-state index in [-0.39, 0.29) is 5.06 Å². The van der Waals surface area contributed by atoms with Crippen molar-refractivity contribution in [3.63, 3.8) is 0 Å². The quantitative estimate of drug-likeness (QED) is 0.529. The van der Waals surface area contributed by atoms with Crippen molar-refractivity contribution < 1.29 is 5.06 Å². The first kappa shape index (κ1) is 9.24. The van der Waals surface area contributed by atoms with Crippen LogP contribution in [0.2, 0.25) is 0 Å². The van der Waals surface area contributed by atoms with E-state index in [0.29, 0.717) is 5.57 Å². The Kier molecular flexibility index (Phi) is 1.78. The number of hydrogen-bond acceptors (Lipinski definition) is 2.